The predicted molar refractivity (Wildman–Crippen MR) is 73.2 cm³/mol. The average molecular weight is 270 g/mol. The molecule has 1 aromatic heterocycles. The van der Waals surface area contributed by atoms with E-state index in [2.05, 4.69) is 9.98 Å². The maximum absolute atomic E-state index is 5.80. The standard InChI is InChI=1S/C12H16ClN3O2/c1-17-4-3-15-7-9(6-14)10-8-16-12(13)5-11(10)18-2/h5-8H,3-4,14H2,1-2H3/b9-6+,15-7?. The first-order valence-electron chi connectivity index (χ1n) is 5.33. The van der Waals surface area contributed by atoms with E-state index < -0.39 is 0 Å². The molecule has 0 amide bonds. The summed E-state index contributed by atoms with van der Waals surface area (Å²) in [5.41, 5.74) is 7.04. The summed E-state index contributed by atoms with van der Waals surface area (Å²) < 4.78 is 10.1. The number of pyridine rings is 1. The highest BCUT2D eigenvalue weighted by molar-refractivity contribution is 6.29. The Balaban J connectivity index is 2.92. The summed E-state index contributed by atoms with van der Waals surface area (Å²) >= 11 is 5.80. The fourth-order valence-electron chi connectivity index (χ4n) is 1.31. The van der Waals surface area contributed by atoms with Crippen LogP contribution >= 0.6 is 11.6 Å². The first kappa shape index (κ1) is 14.5. The van der Waals surface area contributed by atoms with Crippen molar-refractivity contribution >= 4 is 23.4 Å². The van der Waals surface area contributed by atoms with Crippen LogP contribution in [-0.2, 0) is 4.74 Å². The first-order valence-corrected chi connectivity index (χ1v) is 5.71. The van der Waals surface area contributed by atoms with E-state index in [-0.39, 0.29) is 0 Å². The van der Waals surface area contributed by atoms with Gasteiger partial charge in [-0.3, -0.25) is 4.99 Å². The highest BCUT2D eigenvalue weighted by atomic mass is 35.5. The van der Waals surface area contributed by atoms with Crippen molar-refractivity contribution in [1.29, 1.82) is 0 Å². The maximum atomic E-state index is 5.80. The number of nitrogens with two attached hydrogens (primary N) is 1. The molecule has 0 unspecified atom stereocenters. The smallest absolute Gasteiger partial charge is 0.132 e. The Kier molecular flexibility index (Phi) is 6.18. The number of hydrogen-bond acceptors (Lipinski definition) is 5. The zero-order valence-electron chi connectivity index (χ0n) is 10.4. The van der Waals surface area contributed by atoms with Crippen molar-refractivity contribution in [2.45, 2.75) is 0 Å². The molecular weight excluding hydrogens is 254 g/mol. The van der Waals surface area contributed by atoms with Crippen LogP contribution in [0.15, 0.2) is 23.5 Å². The normalized spacial score (nSPS) is 12.1. The minimum atomic E-state index is 0.364. The number of methoxy groups -OCH3 is 2. The topological polar surface area (TPSA) is 69.7 Å². The molecule has 18 heavy (non-hydrogen) atoms. The van der Waals surface area contributed by atoms with Gasteiger partial charge in [0.05, 0.1) is 20.3 Å². The van der Waals surface area contributed by atoms with Crippen LogP contribution in [0.5, 0.6) is 5.75 Å². The molecule has 0 fully saturated rings. The van der Waals surface area contributed by atoms with Gasteiger partial charge in [-0.05, 0) is 0 Å². The predicted octanol–water partition coefficient (Wildman–Crippen LogP) is 1.76. The number of allylic oxidation sites excluding steroid dienone is 1. The van der Waals surface area contributed by atoms with Crippen molar-refractivity contribution in [3.63, 3.8) is 0 Å². The van der Waals surface area contributed by atoms with Crippen molar-refractivity contribution < 1.29 is 9.47 Å². The second kappa shape index (κ2) is 7.68. The number of halogens is 1. The molecule has 0 aliphatic heterocycles. The van der Waals surface area contributed by atoms with Crippen LogP contribution in [0.1, 0.15) is 5.56 Å². The van der Waals surface area contributed by atoms with Gasteiger partial charge >= 0.3 is 0 Å². The van der Waals surface area contributed by atoms with Gasteiger partial charge in [-0.15, -0.1) is 0 Å². The van der Waals surface area contributed by atoms with Crippen LogP contribution in [0, 0.1) is 0 Å². The minimum Gasteiger partial charge on any atom is -0.496 e. The molecule has 0 aromatic carbocycles. The van der Waals surface area contributed by atoms with E-state index in [9.17, 15) is 0 Å². The van der Waals surface area contributed by atoms with E-state index in [1.165, 1.54) is 6.20 Å². The summed E-state index contributed by atoms with van der Waals surface area (Å²) in [4.78, 5) is 8.20. The first-order chi connectivity index (χ1) is 8.72. The molecule has 1 heterocycles. The van der Waals surface area contributed by atoms with Gasteiger partial charge in [0.1, 0.15) is 10.9 Å². The molecule has 0 bridgehead atoms. The molecule has 6 heteroatoms. The second-order valence-corrected chi connectivity index (χ2v) is 3.74. The van der Waals surface area contributed by atoms with Gasteiger partial charge in [-0.25, -0.2) is 4.98 Å². The van der Waals surface area contributed by atoms with Gasteiger partial charge < -0.3 is 15.2 Å². The third-order valence-corrected chi connectivity index (χ3v) is 2.40. The van der Waals surface area contributed by atoms with Crippen LogP contribution in [0.25, 0.3) is 5.57 Å². The van der Waals surface area contributed by atoms with Crippen LogP contribution in [0.3, 0.4) is 0 Å². The van der Waals surface area contributed by atoms with Gasteiger partial charge in [0, 0.05) is 42.9 Å². The fraction of sp³-hybridized carbons (Fsp3) is 0.333. The lowest BCUT2D eigenvalue weighted by Gasteiger charge is -2.08. The summed E-state index contributed by atoms with van der Waals surface area (Å²) in [7, 11) is 3.19. The van der Waals surface area contributed by atoms with Crippen molar-refractivity contribution in [2.24, 2.45) is 10.7 Å². The Morgan fingerprint density at radius 3 is 2.94 bits per heavy atom. The Morgan fingerprint density at radius 2 is 2.33 bits per heavy atom. The van der Waals surface area contributed by atoms with E-state index in [1.807, 2.05) is 0 Å². The lowest BCUT2D eigenvalue weighted by Crippen LogP contribution is -1.99. The molecule has 0 aliphatic rings. The number of aliphatic imine (C=N–C) groups is 1. The number of rotatable bonds is 6. The lowest BCUT2D eigenvalue weighted by molar-refractivity contribution is 0.208. The Bertz CT molecular complexity index is 447. The van der Waals surface area contributed by atoms with Gasteiger partial charge in [-0.1, -0.05) is 11.6 Å². The van der Waals surface area contributed by atoms with Crippen molar-refractivity contribution in [3.8, 4) is 5.75 Å². The summed E-state index contributed by atoms with van der Waals surface area (Å²) in [5.74, 6) is 0.602. The fourth-order valence-corrected chi connectivity index (χ4v) is 1.46. The van der Waals surface area contributed by atoms with Crippen molar-refractivity contribution in [2.75, 3.05) is 27.4 Å². The minimum absolute atomic E-state index is 0.364. The average Bonchev–Trinajstić information content (AvgIpc) is 2.39. The maximum Gasteiger partial charge on any atom is 0.132 e. The molecule has 1 aromatic rings. The molecule has 0 radical (unpaired) electrons. The molecule has 98 valence electrons. The van der Waals surface area contributed by atoms with Crippen LogP contribution in [-0.4, -0.2) is 38.6 Å². The number of nitrogens with zero attached hydrogens (tertiary/aromatic N) is 2. The van der Waals surface area contributed by atoms with E-state index in [1.54, 1.807) is 32.7 Å². The highest BCUT2D eigenvalue weighted by Crippen LogP contribution is 2.26. The lowest BCUT2D eigenvalue weighted by atomic mass is 10.1. The van der Waals surface area contributed by atoms with E-state index in [4.69, 9.17) is 26.8 Å². The van der Waals surface area contributed by atoms with Gasteiger partial charge in [0.25, 0.3) is 0 Å². The van der Waals surface area contributed by atoms with Gasteiger partial charge in [0.15, 0.2) is 0 Å². The van der Waals surface area contributed by atoms with Crippen molar-refractivity contribution in [1.82, 2.24) is 4.98 Å². The number of aromatic nitrogens is 1. The Labute approximate surface area is 111 Å². The monoisotopic (exact) mass is 269 g/mol. The highest BCUT2D eigenvalue weighted by Gasteiger charge is 2.08. The summed E-state index contributed by atoms with van der Waals surface area (Å²) in [6, 6.07) is 1.63. The van der Waals surface area contributed by atoms with Gasteiger partial charge in [-0.2, -0.15) is 0 Å². The molecule has 0 saturated heterocycles. The van der Waals surface area contributed by atoms with E-state index >= 15 is 0 Å². The number of ether oxygens (including phenoxy) is 2. The summed E-state index contributed by atoms with van der Waals surface area (Å²) in [6.45, 7) is 1.13. The van der Waals surface area contributed by atoms with Crippen LogP contribution in [0.2, 0.25) is 5.15 Å². The van der Waals surface area contributed by atoms with E-state index in [0.29, 0.717) is 29.6 Å². The molecule has 2 N–H and O–H groups in total. The Hall–Kier alpha value is -1.59. The van der Waals surface area contributed by atoms with E-state index in [0.717, 1.165) is 5.56 Å². The molecule has 5 nitrogen and oxygen atoms in total. The molecule has 0 atom stereocenters. The quantitative estimate of drug-likeness (QED) is 0.485. The van der Waals surface area contributed by atoms with Gasteiger partial charge in [0.2, 0.25) is 0 Å². The molecule has 0 saturated carbocycles. The third kappa shape index (κ3) is 4.01. The SMILES string of the molecule is COCCN=C/C(=C\N)c1cnc(Cl)cc1OC. The molecular formula is C12H16ClN3O2. The van der Waals surface area contributed by atoms with Crippen LogP contribution in [0.4, 0.5) is 0 Å². The molecule has 0 spiro atoms. The molecule has 1 rings (SSSR count). The largest absolute Gasteiger partial charge is 0.496 e. The summed E-state index contributed by atoms with van der Waals surface area (Å²) in [6.07, 6.45) is 4.71. The zero-order chi connectivity index (χ0) is 13.4. The zero-order valence-corrected chi connectivity index (χ0v) is 11.1. The van der Waals surface area contributed by atoms with Crippen LogP contribution < -0.4 is 10.5 Å². The second-order valence-electron chi connectivity index (χ2n) is 3.36. The number of hydrogen-bond donors (Lipinski definition) is 1. The summed E-state index contributed by atoms with van der Waals surface area (Å²) in [5, 5.41) is 0.364. The van der Waals surface area contributed by atoms with Crippen molar-refractivity contribution in [3.05, 3.63) is 29.2 Å². The third-order valence-electron chi connectivity index (χ3n) is 2.20. The molecule has 0 aliphatic carbocycles. The Morgan fingerprint density at radius 1 is 1.56 bits per heavy atom.